The van der Waals surface area contributed by atoms with Crippen LogP contribution in [0.1, 0.15) is 5.56 Å². The molecule has 1 aliphatic rings. The molecule has 0 radical (unpaired) electrons. The number of carbonyl (C=O) groups excluding carboxylic acids is 1. The summed E-state index contributed by atoms with van der Waals surface area (Å²) in [6, 6.07) is 12.8. The van der Waals surface area contributed by atoms with Gasteiger partial charge in [0, 0.05) is 24.2 Å². The van der Waals surface area contributed by atoms with Gasteiger partial charge in [0.1, 0.15) is 5.70 Å². The molecule has 1 heterocycles. The van der Waals surface area contributed by atoms with Crippen molar-refractivity contribution in [3.05, 3.63) is 74.9 Å². The number of hydrogen-bond acceptors (Lipinski definition) is 4. The van der Waals surface area contributed by atoms with Crippen LogP contribution in [0.4, 0.5) is 11.4 Å². The van der Waals surface area contributed by atoms with Gasteiger partial charge in [-0.1, -0.05) is 11.6 Å². The first kappa shape index (κ1) is 17.1. The van der Waals surface area contributed by atoms with E-state index in [1.54, 1.807) is 54.4 Å². The molecular weight excluding hydrogens is 362 g/mol. The van der Waals surface area contributed by atoms with Crippen LogP contribution in [0, 0.1) is 10.1 Å². The minimum absolute atomic E-state index is 0.00781. The predicted octanol–water partition coefficient (Wildman–Crippen LogP) is 3.85. The first-order valence-electron chi connectivity index (χ1n) is 7.22. The number of likely N-dealkylation sites (N-methyl/N-ethyl adjacent to an activating group) is 1. The normalized spacial score (nSPS) is 16.0. The SMILES string of the molecule is CN1C(=S)N(c2ccc(Cl)cc2)C(=O)C1=Cc1ccc([N+](=O)[O-])cc1. The van der Waals surface area contributed by atoms with Gasteiger partial charge >= 0.3 is 0 Å². The average molecular weight is 374 g/mol. The van der Waals surface area contributed by atoms with Gasteiger partial charge in [-0.2, -0.15) is 0 Å². The second-order valence-corrected chi connectivity index (χ2v) is 6.14. The molecule has 2 aromatic carbocycles. The first-order valence-corrected chi connectivity index (χ1v) is 8.01. The first-order chi connectivity index (χ1) is 11.9. The third-order valence-corrected chi connectivity index (χ3v) is 4.46. The fourth-order valence-electron chi connectivity index (χ4n) is 2.42. The summed E-state index contributed by atoms with van der Waals surface area (Å²) in [6.07, 6.45) is 1.65. The number of rotatable bonds is 3. The summed E-state index contributed by atoms with van der Waals surface area (Å²) in [4.78, 5) is 26.1. The molecule has 0 atom stereocenters. The number of carbonyl (C=O) groups is 1. The number of anilines is 1. The number of hydrogen-bond donors (Lipinski definition) is 0. The van der Waals surface area contributed by atoms with E-state index in [2.05, 4.69) is 0 Å². The van der Waals surface area contributed by atoms with Gasteiger partial charge in [0.05, 0.1) is 10.6 Å². The Balaban J connectivity index is 1.94. The highest BCUT2D eigenvalue weighted by molar-refractivity contribution is 7.80. The van der Waals surface area contributed by atoms with Crippen LogP contribution < -0.4 is 4.90 Å². The molecule has 0 saturated carbocycles. The topological polar surface area (TPSA) is 66.7 Å². The van der Waals surface area contributed by atoms with Gasteiger partial charge in [0.2, 0.25) is 0 Å². The Bertz CT molecular complexity index is 894. The van der Waals surface area contributed by atoms with Gasteiger partial charge in [-0.25, -0.2) is 0 Å². The van der Waals surface area contributed by atoms with E-state index >= 15 is 0 Å². The monoisotopic (exact) mass is 373 g/mol. The zero-order chi connectivity index (χ0) is 18.1. The van der Waals surface area contributed by atoms with Crippen LogP contribution in [0.3, 0.4) is 0 Å². The van der Waals surface area contributed by atoms with Crippen molar-refractivity contribution in [3.63, 3.8) is 0 Å². The maximum absolute atomic E-state index is 12.8. The number of non-ortho nitro benzene ring substituents is 1. The van der Waals surface area contributed by atoms with Crippen LogP contribution in [0.5, 0.6) is 0 Å². The van der Waals surface area contributed by atoms with Crippen molar-refractivity contribution in [3.8, 4) is 0 Å². The summed E-state index contributed by atoms with van der Waals surface area (Å²) in [5.74, 6) is -0.270. The second-order valence-electron chi connectivity index (χ2n) is 5.34. The number of benzene rings is 2. The standard InChI is InChI=1S/C17H12ClN3O3S/c1-19-15(10-11-2-6-14(7-3-11)21(23)24)16(22)20(17(19)25)13-8-4-12(18)5-9-13/h2-10H,1H3. The molecule has 126 valence electrons. The van der Waals surface area contributed by atoms with Crippen molar-refractivity contribution in [2.75, 3.05) is 11.9 Å². The van der Waals surface area contributed by atoms with Crippen LogP contribution >= 0.6 is 23.8 Å². The van der Waals surface area contributed by atoms with E-state index in [0.717, 1.165) is 0 Å². The van der Waals surface area contributed by atoms with Crippen molar-refractivity contribution < 1.29 is 9.72 Å². The Hall–Kier alpha value is -2.77. The summed E-state index contributed by atoms with van der Waals surface area (Å²) in [5.41, 5.74) is 1.67. The maximum atomic E-state index is 12.8. The summed E-state index contributed by atoms with van der Waals surface area (Å²) in [7, 11) is 1.70. The average Bonchev–Trinajstić information content (AvgIpc) is 2.80. The van der Waals surface area contributed by atoms with Crippen molar-refractivity contribution in [1.82, 2.24) is 4.90 Å². The van der Waals surface area contributed by atoms with Crippen LogP contribution in [0.2, 0.25) is 5.02 Å². The van der Waals surface area contributed by atoms with Crippen LogP contribution in [-0.4, -0.2) is 27.9 Å². The van der Waals surface area contributed by atoms with E-state index in [0.29, 0.717) is 27.1 Å². The van der Waals surface area contributed by atoms with E-state index in [1.165, 1.54) is 17.0 Å². The molecule has 3 rings (SSSR count). The summed E-state index contributed by atoms with van der Waals surface area (Å²) >= 11 is 11.3. The van der Waals surface area contributed by atoms with Crippen molar-refractivity contribution in [2.45, 2.75) is 0 Å². The largest absolute Gasteiger partial charge is 0.317 e. The van der Waals surface area contributed by atoms with Gasteiger partial charge in [-0.15, -0.1) is 0 Å². The van der Waals surface area contributed by atoms with Crippen LogP contribution in [0.25, 0.3) is 6.08 Å². The number of nitro benzene ring substituents is 1. The Morgan fingerprint density at radius 3 is 2.28 bits per heavy atom. The molecule has 0 unspecified atom stereocenters. The number of nitro groups is 1. The van der Waals surface area contributed by atoms with Crippen molar-refractivity contribution in [1.29, 1.82) is 0 Å². The molecule has 8 heteroatoms. The van der Waals surface area contributed by atoms with E-state index in [4.69, 9.17) is 23.8 Å². The molecule has 0 spiro atoms. The molecule has 6 nitrogen and oxygen atoms in total. The zero-order valence-corrected chi connectivity index (χ0v) is 14.6. The fraction of sp³-hybridized carbons (Fsp3) is 0.0588. The Kier molecular flexibility index (Phi) is 4.52. The fourth-order valence-corrected chi connectivity index (χ4v) is 2.84. The highest BCUT2D eigenvalue weighted by Gasteiger charge is 2.36. The molecule has 2 aromatic rings. The van der Waals surface area contributed by atoms with E-state index in [9.17, 15) is 14.9 Å². The molecule has 0 aromatic heterocycles. The summed E-state index contributed by atoms with van der Waals surface area (Å²) in [5, 5.41) is 11.6. The summed E-state index contributed by atoms with van der Waals surface area (Å²) < 4.78 is 0. The van der Waals surface area contributed by atoms with Gasteiger partial charge in [0.25, 0.3) is 11.6 Å². The smallest absolute Gasteiger partial charge is 0.281 e. The molecule has 1 fully saturated rings. The number of halogens is 1. The van der Waals surface area contributed by atoms with Gasteiger partial charge < -0.3 is 4.90 Å². The van der Waals surface area contributed by atoms with Gasteiger partial charge in [-0.3, -0.25) is 19.8 Å². The lowest BCUT2D eigenvalue weighted by atomic mass is 10.1. The quantitative estimate of drug-likeness (QED) is 0.354. The van der Waals surface area contributed by atoms with Gasteiger partial charge in [0.15, 0.2) is 5.11 Å². The molecule has 1 saturated heterocycles. The minimum atomic E-state index is -0.471. The number of amides is 1. The summed E-state index contributed by atoms with van der Waals surface area (Å²) in [6.45, 7) is 0. The Morgan fingerprint density at radius 2 is 1.72 bits per heavy atom. The Labute approximate surface area is 154 Å². The highest BCUT2D eigenvalue weighted by Crippen LogP contribution is 2.29. The van der Waals surface area contributed by atoms with E-state index < -0.39 is 4.92 Å². The second kappa shape index (κ2) is 6.62. The minimum Gasteiger partial charge on any atom is -0.317 e. The molecule has 25 heavy (non-hydrogen) atoms. The van der Waals surface area contributed by atoms with Crippen LogP contribution in [0.15, 0.2) is 54.2 Å². The van der Waals surface area contributed by atoms with Crippen molar-refractivity contribution in [2.24, 2.45) is 0 Å². The third-order valence-electron chi connectivity index (χ3n) is 3.75. The van der Waals surface area contributed by atoms with E-state index in [1.807, 2.05) is 0 Å². The van der Waals surface area contributed by atoms with E-state index in [-0.39, 0.29) is 11.6 Å². The third kappa shape index (κ3) is 3.24. The molecule has 0 aliphatic carbocycles. The Morgan fingerprint density at radius 1 is 1.12 bits per heavy atom. The maximum Gasteiger partial charge on any atom is 0.281 e. The lowest BCUT2D eigenvalue weighted by Crippen LogP contribution is -2.31. The highest BCUT2D eigenvalue weighted by atomic mass is 35.5. The lowest BCUT2D eigenvalue weighted by molar-refractivity contribution is -0.384. The zero-order valence-electron chi connectivity index (χ0n) is 13.0. The molecule has 1 aliphatic heterocycles. The van der Waals surface area contributed by atoms with Crippen LogP contribution in [-0.2, 0) is 4.79 Å². The van der Waals surface area contributed by atoms with Gasteiger partial charge in [-0.05, 0) is 60.3 Å². The predicted molar refractivity (Wildman–Crippen MR) is 100 cm³/mol. The van der Waals surface area contributed by atoms with Crippen molar-refractivity contribution >= 4 is 52.3 Å². The molecule has 0 N–H and O–H groups in total. The number of thiocarbonyl (C=S) groups is 1. The lowest BCUT2D eigenvalue weighted by Gasteiger charge is -2.16. The molecule has 0 bridgehead atoms. The molecular formula is C17H12ClN3O3S. The number of nitrogens with zero attached hydrogens (tertiary/aromatic N) is 3. The molecule has 1 amide bonds.